The molecule has 0 saturated carbocycles. The van der Waals surface area contributed by atoms with Crippen molar-refractivity contribution in [2.75, 3.05) is 0 Å². The molecule has 5 nitrogen and oxygen atoms in total. The predicted octanol–water partition coefficient (Wildman–Crippen LogP) is 1.70. The summed E-state index contributed by atoms with van der Waals surface area (Å²) in [6.07, 6.45) is 1.71. The summed E-state index contributed by atoms with van der Waals surface area (Å²) < 4.78 is 0. The highest BCUT2D eigenvalue weighted by atomic mass is 35.5. The average molecular weight is 250 g/mol. The number of halogens is 1. The second-order valence-electron chi connectivity index (χ2n) is 3.83. The van der Waals surface area contributed by atoms with E-state index < -0.39 is 12.1 Å². The van der Waals surface area contributed by atoms with Crippen LogP contribution in [0.5, 0.6) is 0 Å². The van der Waals surface area contributed by atoms with Crippen molar-refractivity contribution in [2.24, 2.45) is 0 Å². The van der Waals surface area contributed by atoms with Gasteiger partial charge in [-0.05, 0) is 18.2 Å². The van der Waals surface area contributed by atoms with Crippen molar-refractivity contribution < 1.29 is 9.59 Å². The lowest BCUT2D eigenvalue weighted by Gasteiger charge is -2.05. The predicted molar refractivity (Wildman–Crippen MR) is 62.7 cm³/mol. The normalized spacial score (nSPS) is 19.5. The molecule has 1 aromatic carbocycles. The SMILES string of the molecule is O=C1NC(=O)C(c2c[nH]c3ccc(Cl)cc23)N1. The Morgan fingerprint density at radius 2 is 2.06 bits per heavy atom. The second-order valence-corrected chi connectivity index (χ2v) is 4.27. The van der Waals surface area contributed by atoms with Crippen LogP contribution in [0.2, 0.25) is 5.02 Å². The molecule has 0 radical (unpaired) electrons. The number of amides is 3. The van der Waals surface area contributed by atoms with Crippen LogP contribution in [0.1, 0.15) is 11.6 Å². The molecule has 1 aliphatic rings. The van der Waals surface area contributed by atoms with Gasteiger partial charge in [0.05, 0.1) is 0 Å². The zero-order valence-corrected chi connectivity index (χ0v) is 9.34. The van der Waals surface area contributed by atoms with Gasteiger partial charge in [0, 0.05) is 27.7 Å². The van der Waals surface area contributed by atoms with Gasteiger partial charge >= 0.3 is 6.03 Å². The fraction of sp³-hybridized carbons (Fsp3) is 0.0909. The molecule has 3 N–H and O–H groups in total. The number of benzene rings is 1. The summed E-state index contributed by atoms with van der Waals surface area (Å²) in [4.78, 5) is 25.7. The monoisotopic (exact) mass is 249 g/mol. The van der Waals surface area contributed by atoms with Crippen LogP contribution < -0.4 is 10.6 Å². The maximum atomic E-state index is 11.6. The zero-order chi connectivity index (χ0) is 12.0. The van der Waals surface area contributed by atoms with Crippen LogP contribution in [0.25, 0.3) is 10.9 Å². The third kappa shape index (κ3) is 1.55. The van der Waals surface area contributed by atoms with Crippen molar-refractivity contribution in [3.05, 3.63) is 35.0 Å². The maximum Gasteiger partial charge on any atom is 0.322 e. The molecule has 17 heavy (non-hydrogen) atoms. The van der Waals surface area contributed by atoms with Crippen molar-refractivity contribution in [2.45, 2.75) is 6.04 Å². The molecule has 3 rings (SSSR count). The highest BCUT2D eigenvalue weighted by Gasteiger charge is 2.32. The van der Waals surface area contributed by atoms with E-state index in [1.807, 2.05) is 6.07 Å². The fourth-order valence-electron chi connectivity index (χ4n) is 1.99. The molecule has 0 spiro atoms. The minimum atomic E-state index is -0.658. The fourth-order valence-corrected chi connectivity index (χ4v) is 2.16. The Morgan fingerprint density at radius 1 is 1.24 bits per heavy atom. The van der Waals surface area contributed by atoms with Crippen molar-refractivity contribution >= 4 is 34.4 Å². The van der Waals surface area contributed by atoms with E-state index >= 15 is 0 Å². The highest BCUT2D eigenvalue weighted by molar-refractivity contribution is 6.31. The number of H-pyrrole nitrogens is 1. The maximum absolute atomic E-state index is 11.6. The number of aromatic nitrogens is 1. The number of carbonyl (C=O) groups excluding carboxylic acids is 2. The number of hydrogen-bond donors (Lipinski definition) is 3. The standard InChI is InChI=1S/C11H8ClN3O2/c12-5-1-2-8-6(3-5)7(4-13-8)9-10(16)15-11(17)14-9/h1-4,9,13H,(H2,14,15,16,17). The highest BCUT2D eigenvalue weighted by Crippen LogP contribution is 2.28. The largest absolute Gasteiger partial charge is 0.361 e. The van der Waals surface area contributed by atoms with Gasteiger partial charge in [0.2, 0.25) is 0 Å². The van der Waals surface area contributed by atoms with Gasteiger partial charge in [-0.2, -0.15) is 0 Å². The Hall–Kier alpha value is -2.01. The molecule has 2 heterocycles. The van der Waals surface area contributed by atoms with E-state index in [1.54, 1.807) is 18.3 Å². The van der Waals surface area contributed by atoms with Crippen LogP contribution in [0.4, 0.5) is 4.79 Å². The molecular weight excluding hydrogens is 242 g/mol. The summed E-state index contributed by atoms with van der Waals surface area (Å²) in [7, 11) is 0. The van der Waals surface area contributed by atoms with E-state index in [-0.39, 0.29) is 5.91 Å². The minimum Gasteiger partial charge on any atom is -0.361 e. The first-order chi connectivity index (χ1) is 8.15. The molecule has 1 aromatic heterocycles. The van der Waals surface area contributed by atoms with Gasteiger partial charge < -0.3 is 10.3 Å². The minimum absolute atomic E-state index is 0.351. The molecular formula is C11H8ClN3O2. The van der Waals surface area contributed by atoms with Gasteiger partial charge in [0.25, 0.3) is 5.91 Å². The quantitative estimate of drug-likeness (QED) is 0.673. The lowest BCUT2D eigenvalue weighted by Crippen LogP contribution is -2.22. The lowest BCUT2D eigenvalue weighted by molar-refractivity contribution is -0.120. The van der Waals surface area contributed by atoms with E-state index in [1.165, 1.54) is 0 Å². The Morgan fingerprint density at radius 3 is 2.76 bits per heavy atom. The van der Waals surface area contributed by atoms with Crippen molar-refractivity contribution in [1.29, 1.82) is 0 Å². The molecule has 1 fully saturated rings. The smallest absolute Gasteiger partial charge is 0.322 e. The van der Waals surface area contributed by atoms with Crippen LogP contribution in [0.3, 0.4) is 0 Å². The van der Waals surface area contributed by atoms with Crippen LogP contribution in [-0.2, 0) is 4.79 Å². The van der Waals surface area contributed by atoms with E-state index in [9.17, 15) is 9.59 Å². The van der Waals surface area contributed by atoms with Crippen LogP contribution in [-0.4, -0.2) is 16.9 Å². The van der Waals surface area contributed by atoms with Gasteiger partial charge in [-0.1, -0.05) is 11.6 Å². The molecule has 2 aromatic rings. The molecule has 3 amide bonds. The first kappa shape index (κ1) is 10.2. The van der Waals surface area contributed by atoms with Crippen molar-refractivity contribution in [1.82, 2.24) is 15.6 Å². The average Bonchev–Trinajstić information content (AvgIpc) is 2.81. The molecule has 86 valence electrons. The summed E-state index contributed by atoms with van der Waals surface area (Å²) in [6.45, 7) is 0. The summed E-state index contributed by atoms with van der Waals surface area (Å²) in [5.41, 5.74) is 1.59. The van der Waals surface area contributed by atoms with Crippen molar-refractivity contribution in [3.63, 3.8) is 0 Å². The molecule has 1 aliphatic heterocycles. The van der Waals surface area contributed by atoms with Gasteiger partial charge in [0.15, 0.2) is 0 Å². The van der Waals surface area contributed by atoms with Gasteiger partial charge in [0.1, 0.15) is 6.04 Å². The Labute approximate surface area is 101 Å². The van der Waals surface area contributed by atoms with Gasteiger partial charge in [-0.3, -0.25) is 10.1 Å². The number of carbonyl (C=O) groups is 2. The van der Waals surface area contributed by atoms with Crippen LogP contribution >= 0.6 is 11.6 Å². The number of fused-ring (bicyclic) bond motifs is 1. The van der Waals surface area contributed by atoms with E-state index in [2.05, 4.69) is 15.6 Å². The first-order valence-corrected chi connectivity index (χ1v) is 5.41. The van der Waals surface area contributed by atoms with Gasteiger partial charge in [-0.15, -0.1) is 0 Å². The third-order valence-electron chi connectivity index (χ3n) is 2.76. The molecule has 1 saturated heterocycles. The van der Waals surface area contributed by atoms with Gasteiger partial charge in [-0.25, -0.2) is 4.79 Å². The van der Waals surface area contributed by atoms with Crippen molar-refractivity contribution in [3.8, 4) is 0 Å². The number of hydrogen-bond acceptors (Lipinski definition) is 2. The van der Waals surface area contributed by atoms with Crippen LogP contribution in [0.15, 0.2) is 24.4 Å². The Balaban J connectivity index is 2.14. The molecule has 1 atom stereocenters. The summed E-state index contributed by atoms with van der Waals surface area (Å²) in [5.74, 6) is -0.351. The Kier molecular flexibility index (Phi) is 2.09. The molecule has 1 unspecified atom stereocenters. The number of imide groups is 1. The number of urea groups is 1. The molecule has 0 bridgehead atoms. The zero-order valence-electron chi connectivity index (χ0n) is 8.58. The summed E-state index contributed by atoms with van der Waals surface area (Å²) in [5, 5.41) is 6.17. The molecule has 0 aliphatic carbocycles. The number of aromatic amines is 1. The van der Waals surface area contributed by atoms with E-state index in [0.717, 1.165) is 10.9 Å². The summed E-state index contributed by atoms with van der Waals surface area (Å²) in [6, 6.07) is 4.22. The topological polar surface area (TPSA) is 74.0 Å². The lowest BCUT2D eigenvalue weighted by atomic mass is 10.1. The molecule has 6 heteroatoms. The summed E-state index contributed by atoms with van der Waals surface area (Å²) >= 11 is 5.92. The number of rotatable bonds is 1. The van der Waals surface area contributed by atoms with E-state index in [0.29, 0.717) is 10.6 Å². The number of nitrogens with one attached hydrogen (secondary N) is 3. The second kappa shape index (κ2) is 3.49. The van der Waals surface area contributed by atoms with E-state index in [4.69, 9.17) is 11.6 Å². The van der Waals surface area contributed by atoms with Crippen LogP contribution in [0, 0.1) is 0 Å². The first-order valence-electron chi connectivity index (χ1n) is 5.03. The third-order valence-corrected chi connectivity index (χ3v) is 3.00. The Bertz CT molecular complexity index is 635.